The van der Waals surface area contributed by atoms with E-state index in [-0.39, 0.29) is 36.0 Å². The summed E-state index contributed by atoms with van der Waals surface area (Å²) in [5, 5.41) is 9.75. The van der Waals surface area contributed by atoms with Crippen LogP contribution in [0, 0.1) is 11.3 Å². The van der Waals surface area contributed by atoms with Crippen LogP contribution in [0.5, 0.6) is 0 Å². The van der Waals surface area contributed by atoms with Gasteiger partial charge in [-0.2, -0.15) is 5.26 Å². The third-order valence-corrected chi connectivity index (χ3v) is 6.62. The number of piperazine rings is 1. The lowest BCUT2D eigenvalue weighted by atomic mass is 10.1. The third-order valence-electron chi connectivity index (χ3n) is 6.62. The molecule has 2 heterocycles. The highest BCUT2D eigenvalue weighted by molar-refractivity contribution is 6.03. The van der Waals surface area contributed by atoms with Crippen molar-refractivity contribution in [1.29, 1.82) is 5.26 Å². The number of likely N-dealkylation sites (N-methyl/N-ethyl adjacent to an activating group) is 1. The van der Waals surface area contributed by atoms with Crippen molar-refractivity contribution < 1.29 is 14.4 Å². The number of hydrogen-bond acceptors (Lipinski definition) is 7. The standard InChI is InChI=1S/C25H34N6O3/c1-5-30(6-2)24(34)18-29-13-15-31(16-14-29)23(33)12-11-22(32)19(17-26)25-27(3)20-9-7-8-10-21(20)28(25)4/h7-10H,5-6,11-16,18H2,1-4H3. The Kier molecular flexibility index (Phi) is 8.29. The summed E-state index contributed by atoms with van der Waals surface area (Å²) in [6.45, 7) is 8.02. The maximum absolute atomic E-state index is 12.9. The summed E-state index contributed by atoms with van der Waals surface area (Å²) < 4.78 is 0. The molecule has 34 heavy (non-hydrogen) atoms. The van der Waals surface area contributed by atoms with E-state index in [1.54, 1.807) is 4.90 Å². The highest BCUT2D eigenvalue weighted by Gasteiger charge is 2.31. The molecule has 1 saturated heterocycles. The summed E-state index contributed by atoms with van der Waals surface area (Å²) in [5.74, 6) is 0.215. The Morgan fingerprint density at radius 2 is 1.50 bits per heavy atom. The molecular formula is C25H34N6O3. The predicted molar refractivity (Wildman–Crippen MR) is 131 cm³/mol. The van der Waals surface area contributed by atoms with Gasteiger partial charge in [-0.25, -0.2) is 0 Å². The van der Waals surface area contributed by atoms with Gasteiger partial charge in [-0.15, -0.1) is 0 Å². The van der Waals surface area contributed by atoms with Crippen molar-refractivity contribution in [3.8, 4) is 6.07 Å². The van der Waals surface area contributed by atoms with Crippen molar-refractivity contribution in [3.63, 3.8) is 0 Å². The van der Waals surface area contributed by atoms with Gasteiger partial charge in [-0.1, -0.05) is 12.1 Å². The number of ketones is 1. The van der Waals surface area contributed by atoms with Crippen molar-refractivity contribution >= 4 is 29.0 Å². The van der Waals surface area contributed by atoms with Gasteiger partial charge in [0, 0.05) is 66.2 Å². The smallest absolute Gasteiger partial charge is 0.236 e. The molecule has 9 nitrogen and oxygen atoms in total. The number of amides is 2. The first-order chi connectivity index (χ1) is 16.3. The molecule has 0 atom stereocenters. The second kappa shape index (κ2) is 11.2. The first-order valence-corrected chi connectivity index (χ1v) is 11.8. The van der Waals surface area contributed by atoms with E-state index in [1.807, 2.05) is 66.9 Å². The highest BCUT2D eigenvalue weighted by Crippen LogP contribution is 2.40. The van der Waals surface area contributed by atoms with Crippen LogP contribution in [0.4, 0.5) is 11.4 Å². The van der Waals surface area contributed by atoms with Gasteiger partial charge in [0.25, 0.3) is 0 Å². The van der Waals surface area contributed by atoms with E-state index in [0.717, 1.165) is 11.4 Å². The zero-order valence-electron chi connectivity index (χ0n) is 20.6. The van der Waals surface area contributed by atoms with E-state index in [2.05, 4.69) is 11.0 Å². The lowest BCUT2D eigenvalue weighted by Gasteiger charge is -2.35. The summed E-state index contributed by atoms with van der Waals surface area (Å²) in [5.41, 5.74) is 1.91. The SMILES string of the molecule is CCN(CC)C(=O)CN1CCN(C(=O)CCC(=O)C(C#N)=C2N(C)c3ccccc3N2C)CC1. The van der Waals surface area contributed by atoms with Crippen molar-refractivity contribution in [1.82, 2.24) is 14.7 Å². The second-order valence-corrected chi connectivity index (χ2v) is 8.56. The van der Waals surface area contributed by atoms with Crippen molar-refractivity contribution in [3.05, 3.63) is 35.7 Å². The summed E-state index contributed by atoms with van der Waals surface area (Å²) in [4.78, 5) is 47.3. The first-order valence-electron chi connectivity index (χ1n) is 11.8. The van der Waals surface area contributed by atoms with Crippen molar-refractivity contribution in [2.75, 3.05) is 69.7 Å². The molecule has 0 saturated carbocycles. The van der Waals surface area contributed by atoms with Crippen LogP contribution in [0.15, 0.2) is 35.7 Å². The second-order valence-electron chi connectivity index (χ2n) is 8.56. The normalized spacial score (nSPS) is 15.7. The molecule has 0 aliphatic carbocycles. The minimum absolute atomic E-state index is 0.0100. The molecular weight excluding hydrogens is 432 g/mol. The Balaban J connectivity index is 1.54. The average molecular weight is 467 g/mol. The van der Waals surface area contributed by atoms with Gasteiger partial charge < -0.3 is 19.6 Å². The first kappa shape index (κ1) is 25.2. The topological polar surface area (TPSA) is 91.2 Å². The molecule has 0 aromatic heterocycles. The molecule has 2 aliphatic heterocycles. The van der Waals surface area contributed by atoms with Crippen LogP contribution in [0.25, 0.3) is 0 Å². The number of hydrogen-bond donors (Lipinski definition) is 0. The number of anilines is 2. The van der Waals surface area contributed by atoms with E-state index in [9.17, 15) is 19.6 Å². The van der Waals surface area contributed by atoms with Crippen LogP contribution in [0.2, 0.25) is 0 Å². The summed E-state index contributed by atoms with van der Waals surface area (Å²) in [6, 6.07) is 9.78. The highest BCUT2D eigenvalue weighted by atomic mass is 16.2. The third kappa shape index (κ3) is 5.23. The molecule has 2 aliphatic rings. The number of Topliss-reactive ketones (excluding diaryl/α,β-unsaturated/α-hetero) is 1. The molecule has 1 fully saturated rings. The van der Waals surface area contributed by atoms with Crippen LogP contribution in [0.3, 0.4) is 0 Å². The molecule has 0 radical (unpaired) electrons. The van der Waals surface area contributed by atoms with Gasteiger partial charge >= 0.3 is 0 Å². The van der Waals surface area contributed by atoms with Crippen LogP contribution in [-0.2, 0) is 14.4 Å². The molecule has 182 valence electrons. The van der Waals surface area contributed by atoms with Gasteiger partial charge in [0.2, 0.25) is 11.8 Å². The minimum atomic E-state index is -0.333. The van der Waals surface area contributed by atoms with Crippen LogP contribution in [-0.4, -0.2) is 92.2 Å². The predicted octanol–water partition coefficient (Wildman–Crippen LogP) is 1.67. The number of allylic oxidation sites excluding steroid dienone is 1. The number of fused-ring (bicyclic) bond motifs is 1. The fourth-order valence-electron chi connectivity index (χ4n) is 4.58. The fraction of sp³-hybridized carbons (Fsp3) is 0.520. The number of carbonyl (C=O) groups is 3. The molecule has 1 aromatic rings. The maximum Gasteiger partial charge on any atom is 0.236 e. The number of benzene rings is 1. The lowest BCUT2D eigenvalue weighted by molar-refractivity contribution is -0.136. The van der Waals surface area contributed by atoms with E-state index in [0.29, 0.717) is 51.6 Å². The molecule has 3 rings (SSSR count). The monoisotopic (exact) mass is 466 g/mol. The van der Waals surface area contributed by atoms with Crippen molar-refractivity contribution in [2.45, 2.75) is 26.7 Å². The van der Waals surface area contributed by atoms with E-state index in [1.165, 1.54) is 0 Å². The Morgan fingerprint density at radius 3 is 2.00 bits per heavy atom. The Hall–Kier alpha value is -3.38. The molecule has 0 unspecified atom stereocenters. The summed E-state index contributed by atoms with van der Waals surface area (Å²) in [7, 11) is 3.66. The summed E-state index contributed by atoms with van der Waals surface area (Å²) >= 11 is 0. The molecule has 2 amide bonds. The average Bonchev–Trinajstić information content (AvgIpc) is 3.10. The Bertz CT molecular complexity index is 971. The lowest BCUT2D eigenvalue weighted by Crippen LogP contribution is -2.51. The van der Waals surface area contributed by atoms with Gasteiger partial charge in [0.05, 0.1) is 17.9 Å². The molecule has 1 aromatic carbocycles. The number of nitrogens with zero attached hydrogens (tertiary/aromatic N) is 6. The molecule has 9 heteroatoms. The minimum Gasteiger partial charge on any atom is -0.342 e. The largest absolute Gasteiger partial charge is 0.342 e. The van der Waals surface area contributed by atoms with E-state index >= 15 is 0 Å². The van der Waals surface area contributed by atoms with Crippen LogP contribution < -0.4 is 9.80 Å². The van der Waals surface area contributed by atoms with Crippen LogP contribution >= 0.6 is 0 Å². The zero-order valence-corrected chi connectivity index (χ0v) is 20.6. The number of nitriles is 1. The van der Waals surface area contributed by atoms with Crippen molar-refractivity contribution in [2.24, 2.45) is 0 Å². The Morgan fingerprint density at radius 1 is 0.941 bits per heavy atom. The fourth-order valence-corrected chi connectivity index (χ4v) is 4.58. The van der Waals surface area contributed by atoms with E-state index < -0.39 is 0 Å². The Labute approximate surface area is 201 Å². The molecule has 0 N–H and O–H groups in total. The number of para-hydroxylation sites is 2. The molecule has 0 spiro atoms. The van der Waals surface area contributed by atoms with E-state index in [4.69, 9.17) is 0 Å². The van der Waals surface area contributed by atoms with Gasteiger partial charge in [0.1, 0.15) is 17.5 Å². The van der Waals surface area contributed by atoms with Gasteiger partial charge in [0.15, 0.2) is 5.78 Å². The van der Waals surface area contributed by atoms with Crippen LogP contribution in [0.1, 0.15) is 26.7 Å². The zero-order chi connectivity index (χ0) is 24.8. The summed E-state index contributed by atoms with van der Waals surface area (Å²) in [6.07, 6.45) is 0.0555. The maximum atomic E-state index is 12.9. The molecule has 0 bridgehead atoms. The van der Waals surface area contributed by atoms with Gasteiger partial charge in [-0.05, 0) is 26.0 Å². The number of rotatable bonds is 8. The van der Waals surface area contributed by atoms with Gasteiger partial charge in [-0.3, -0.25) is 19.3 Å². The quantitative estimate of drug-likeness (QED) is 0.425. The number of carbonyl (C=O) groups excluding carboxylic acids is 3.